The van der Waals surface area contributed by atoms with Crippen LogP contribution in [0.3, 0.4) is 0 Å². The molecule has 1 amide bonds. The van der Waals surface area contributed by atoms with E-state index < -0.39 is 16.6 Å². The van der Waals surface area contributed by atoms with Crippen LogP contribution in [-0.4, -0.2) is 15.4 Å². The van der Waals surface area contributed by atoms with E-state index in [1.165, 1.54) is 53.2 Å². The van der Waals surface area contributed by atoms with Gasteiger partial charge < -0.3 is 9.88 Å². The molecule has 0 aliphatic carbocycles. The lowest BCUT2D eigenvalue weighted by atomic mass is 10.1. The van der Waals surface area contributed by atoms with Gasteiger partial charge in [0.05, 0.1) is 28.3 Å². The van der Waals surface area contributed by atoms with Gasteiger partial charge in [0.1, 0.15) is 11.9 Å². The van der Waals surface area contributed by atoms with Crippen LogP contribution in [0.1, 0.15) is 21.5 Å². The second-order valence-electron chi connectivity index (χ2n) is 6.07. The predicted molar refractivity (Wildman–Crippen MR) is 102 cm³/mol. The van der Waals surface area contributed by atoms with E-state index in [-0.39, 0.29) is 34.6 Å². The lowest BCUT2D eigenvalue weighted by molar-refractivity contribution is -0.384. The Labute approximate surface area is 163 Å². The number of hydrogen-bond acceptors (Lipinski definition) is 5. The number of nitro groups is 1. The summed E-state index contributed by atoms with van der Waals surface area (Å²) in [6.07, 6.45) is 1.32. The van der Waals surface area contributed by atoms with E-state index in [2.05, 4.69) is 5.32 Å². The van der Waals surface area contributed by atoms with Gasteiger partial charge in [-0.25, -0.2) is 4.39 Å². The summed E-state index contributed by atoms with van der Waals surface area (Å²) in [6.45, 7) is 0.0681. The van der Waals surface area contributed by atoms with Gasteiger partial charge in [0.25, 0.3) is 17.2 Å². The Morgan fingerprint density at radius 1 is 1.21 bits per heavy atom. The number of aromatic nitrogens is 1. The van der Waals surface area contributed by atoms with E-state index in [9.17, 15) is 29.4 Å². The van der Waals surface area contributed by atoms with Crippen LogP contribution in [0.15, 0.2) is 65.6 Å². The fourth-order valence-electron chi connectivity index (χ4n) is 2.66. The topological polar surface area (TPSA) is 118 Å². The van der Waals surface area contributed by atoms with Gasteiger partial charge in [0.15, 0.2) is 0 Å². The quantitative estimate of drug-likeness (QED) is 0.529. The van der Waals surface area contributed by atoms with Crippen LogP contribution < -0.4 is 10.9 Å². The Hall–Kier alpha value is -4.32. The molecule has 0 aliphatic rings. The molecule has 1 aromatic heterocycles. The molecule has 0 aliphatic heterocycles. The van der Waals surface area contributed by atoms with Crippen molar-refractivity contribution in [3.05, 3.63) is 104 Å². The smallest absolute Gasteiger partial charge is 0.270 e. The van der Waals surface area contributed by atoms with Crippen LogP contribution in [0, 0.1) is 27.3 Å². The molecule has 3 rings (SSSR count). The molecule has 2 aromatic carbocycles. The minimum Gasteiger partial charge on any atom is -0.321 e. The Morgan fingerprint density at radius 2 is 2.00 bits per heavy atom. The molecule has 0 fully saturated rings. The number of nitriles is 1. The molecule has 0 spiro atoms. The molecule has 8 nitrogen and oxygen atoms in total. The summed E-state index contributed by atoms with van der Waals surface area (Å²) in [6, 6.07) is 13.5. The van der Waals surface area contributed by atoms with Gasteiger partial charge in [-0.05, 0) is 29.8 Å². The fraction of sp³-hybridized carbons (Fsp3) is 0.0500. The van der Waals surface area contributed by atoms with Crippen molar-refractivity contribution in [3.63, 3.8) is 0 Å². The van der Waals surface area contributed by atoms with Gasteiger partial charge in [-0.3, -0.25) is 19.7 Å². The van der Waals surface area contributed by atoms with E-state index in [0.29, 0.717) is 5.56 Å². The second-order valence-corrected chi connectivity index (χ2v) is 6.07. The Balaban J connectivity index is 1.86. The number of carbonyl (C=O) groups excluding carboxylic acids is 1. The van der Waals surface area contributed by atoms with E-state index >= 15 is 0 Å². The Bertz CT molecular complexity index is 1210. The highest BCUT2D eigenvalue weighted by Crippen LogP contribution is 2.22. The number of pyridine rings is 1. The number of nitrogens with one attached hydrogen (secondary N) is 1. The summed E-state index contributed by atoms with van der Waals surface area (Å²) in [5.41, 5.74) is 0.0590. The van der Waals surface area contributed by atoms with Gasteiger partial charge >= 0.3 is 0 Å². The first-order valence-electron chi connectivity index (χ1n) is 8.32. The van der Waals surface area contributed by atoms with Crippen LogP contribution in [0.2, 0.25) is 0 Å². The Kier molecular flexibility index (Phi) is 5.46. The molecule has 0 radical (unpaired) electrons. The standard InChI is InChI=1S/C20H13FN4O4/c21-16-3-1-2-13(8-16)11-24-12-14(4-7-19(24)26)20(27)23-18-6-5-17(25(28)29)9-15(18)10-22/h1-9,12H,11H2,(H,23,27). The number of nitrogens with zero attached hydrogens (tertiary/aromatic N) is 3. The highest BCUT2D eigenvalue weighted by atomic mass is 19.1. The summed E-state index contributed by atoms with van der Waals surface area (Å²) in [5.74, 6) is -1.05. The first kappa shape index (κ1) is 19.4. The SMILES string of the molecule is N#Cc1cc([N+](=O)[O-])ccc1NC(=O)c1ccc(=O)n(Cc2cccc(F)c2)c1. The highest BCUT2D eigenvalue weighted by molar-refractivity contribution is 6.04. The molecule has 0 saturated carbocycles. The van der Waals surface area contributed by atoms with Crippen LogP contribution in [0.4, 0.5) is 15.8 Å². The van der Waals surface area contributed by atoms with E-state index in [0.717, 1.165) is 6.07 Å². The average molecular weight is 392 g/mol. The summed E-state index contributed by atoms with van der Waals surface area (Å²) < 4.78 is 14.6. The van der Waals surface area contributed by atoms with Crippen molar-refractivity contribution < 1.29 is 14.1 Å². The van der Waals surface area contributed by atoms with E-state index in [4.69, 9.17) is 0 Å². The molecule has 0 atom stereocenters. The number of anilines is 1. The predicted octanol–water partition coefficient (Wildman–Crippen LogP) is 3.07. The van der Waals surface area contributed by atoms with Crippen LogP contribution >= 0.6 is 0 Å². The number of nitro benzene ring substituents is 1. The zero-order valence-electron chi connectivity index (χ0n) is 14.8. The number of non-ortho nitro benzene ring substituents is 1. The first-order valence-corrected chi connectivity index (χ1v) is 8.32. The molecule has 29 heavy (non-hydrogen) atoms. The molecule has 1 heterocycles. The van der Waals surface area contributed by atoms with Crippen molar-refractivity contribution >= 4 is 17.3 Å². The van der Waals surface area contributed by atoms with E-state index in [1.54, 1.807) is 12.1 Å². The largest absolute Gasteiger partial charge is 0.321 e. The zero-order valence-corrected chi connectivity index (χ0v) is 14.8. The van der Waals surface area contributed by atoms with Crippen LogP contribution in [0.5, 0.6) is 0 Å². The minimum atomic E-state index is -0.644. The number of carbonyl (C=O) groups is 1. The lowest BCUT2D eigenvalue weighted by Crippen LogP contribution is -2.22. The van der Waals surface area contributed by atoms with Crippen molar-refractivity contribution in [2.24, 2.45) is 0 Å². The molecule has 0 bridgehead atoms. The molecule has 3 aromatic rings. The Morgan fingerprint density at radius 3 is 2.69 bits per heavy atom. The van der Waals surface area contributed by atoms with Gasteiger partial charge in [0.2, 0.25) is 0 Å². The third-order valence-corrected chi connectivity index (χ3v) is 4.07. The third-order valence-electron chi connectivity index (χ3n) is 4.07. The maximum absolute atomic E-state index is 13.4. The number of hydrogen-bond donors (Lipinski definition) is 1. The van der Waals surface area contributed by atoms with Gasteiger partial charge in [-0.2, -0.15) is 5.26 Å². The number of rotatable bonds is 5. The van der Waals surface area contributed by atoms with Gasteiger partial charge in [-0.15, -0.1) is 0 Å². The fourth-order valence-corrected chi connectivity index (χ4v) is 2.66. The van der Waals surface area contributed by atoms with Gasteiger partial charge in [-0.1, -0.05) is 12.1 Å². The van der Waals surface area contributed by atoms with Gasteiger partial charge in [0, 0.05) is 24.4 Å². The molecule has 9 heteroatoms. The lowest BCUT2D eigenvalue weighted by Gasteiger charge is -2.10. The molecular formula is C20H13FN4O4. The molecule has 0 saturated heterocycles. The average Bonchev–Trinajstić information content (AvgIpc) is 2.69. The summed E-state index contributed by atoms with van der Waals surface area (Å²) >= 11 is 0. The molecule has 0 unspecified atom stereocenters. The second kappa shape index (κ2) is 8.14. The van der Waals surface area contributed by atoms with Crippen molar-refractivity contribution in [1.82, 2.24) is 4.57 Å². The monoisotopic (exact) mass is 392 g/mol. The first-order chi connectivity index (χ1) is 13.9. The molecule has 144 valence electrons. The minimum absolute atomic E-state index is 0.0681. The summed E-state index contributed by atoms with van der Waals surface area (Å²) in [7, 11) is 0. The molecule has 1 N–H and O–H groups in total. The van der Waals surface area contributed by atoms with Crippen molar-refractivity contribution in [2.45, 2.75) is 6.54 Å². The molecular weight excluding hydrogens is 379 g/mol. The van der Waals surface area contributed by atoms with Crippen molar-refractivity contribution in [3.8, 4) is 6.07 Å². The van der Waals surface area contributed by atoms with Crippen LogP contribution in [-0.2, 0) is 6.54 Å². The van der Waals surface area contributed by atoms with Crippen LogP contribution in [0.25, 0.3) is 0 Å². The van der Waals surface area contributed by atoms with Crippen molar-refractivity contribution in [2.75, 3.05) is 5.32 Å². The maximum Gasteiger partial charge on any atom is 0.270 e. The normalized spacial score (nSPS) is 10.2. The maximum atomic E-state index is 13.4. The van der Waals surface area contributed by atoms with Crippen molar-refractivity contribution in [1.29, 1.82) is 5.26 Å². The number of halogens is 1. The number of amides is 1. The summed E-state index contributed by atoms with van der Waals surface area (Å²) in [5, 5.41) is 22.5. The summed E-state index contributed by atoms with van der Waals surface area (Å²) in [4.78, 5) is 34.8. The number of benzene rings is 2. The highest BCUT2D eigenvalue weighted by Gasteiger charge is 2.14. The van der Waals surface area contributed by atoms with E-state index in [1.807, 2.05) is 0 Å². The zero-order chi connectivity index (χ0) is 21.0. The third kappa shape index (κ3) is 4.51.